The normalized spacial score (nSPS) is 16.4. The molecule has 0 spiro atoms. The molecule has 0 rings (SSSR count). The molecule has 170 valence electrons. The van der Waals surface area contributed by atoms with Crippen LogP contribution in [0.25, 0.3) is 0 Å². The van der Waals surface area contributed by atoms with Gasteiger partial charge < -0.3 is 14.7 Å². The van der Waals surface area contributed by atoms with E-state index in [-0.39, 0.29) is 6.61 Å². The molecule has 0 bridgehead atoms. The minimum Gasteiger partial charge on any atom is -0.302 e. The van der Waals surface area contributed by atoms with Crippen molar-refractivity contribution >= 4 is 15.6 Å². The van der Waals surface area contributed by atoms with Crippen molar-refractivity contribution in [3.63, 3.8) is 0 Å². The first-order chi connectivity index (χ1) is 13.3. The summed E-state index contributed by atoms with van der Waals surface area (Å²) in [7, 11) is -9.85. The van der Waals surface area contributed by atoms with Gasteiger partial charge in [0.25, 0.3) is 0 Å². The second-order valence-corrected chi connectivity index (χ2v) is 10.7. The molecule has 0 aromatic rings. The topological polar surface area (TPSA) is 113 Å². The summed E-state index contributed by atoms with van der Waals surface area (Å²) in [5, 5.41) is 0. The Balaban J connectivity index is 4.15. The van der Waals surface area contributed by atoms with Gasteiger partial charge >= 0.3 is 15.6 Å². The zero-order chi connectivity index (χ0) is 22.5. The Hall–Kier alpha value is -0.520. The quantitative estimate of drug-likeness (QED) is 0.194. The molecular weight excluding hydrogens is 414 g/mol. The molecule has 9 heteroatoms. The van der Waals surface area contributed by atoms with E-state index in [1.807, 2.05) is 6.92 Å². The van der Waals surface area contributed by atoms with E-state index < -0.39 is 15.6 Å². The molecule has 0 heterocycles. The van der Waals surface area contributed by atoms with Crippen LogP contribution in [-0.2, 0) is 18.0 Å². The average molecular weight is 452 g/mol. The van der Waals surface area contributed by atoms with Crippen LogP contribution in [0, 0.1) is 5.92 Å². The molecule has 1 atom stereocenters. The first-order valence-electron chi connectivity index (χ1n) is 10.0. The number of rotatable bonds is 15. The van der Waals surface area contributed by atoms with Crippen LogP contribution in [0.5, 0.6) is 0 Å². The first-order valence-corrected chi connectivity index (χ1v) is 13.0. The van der Waals surface area contributed by atoms with Gasteiger partial charge in [-0.1, -0.05) is 55.2 Å². The second kappa shape index (κ2) is 14.5. The molecule has 1 unspecified atom stereocenters. The Bertz CT molecular complexity index is 660. The molecule has 0 aromatic heterocycles. The summed E-state index contributed by atoms with van der Waals surface area (Å²) in [6.45, 7) is 10.4. The van der Waals surface area contributed by atoms with E-state index >= 15 is 0 Å². The monoisotopic (exact) mass is 452 g/mol. The molecule has 3 N–H and O–H groups in total. The summed E-state index contributed by atoms with van der Waals surface area (Å²) < 4.78 is 30.1. The lowest BCUT2D eigenvalue weighted by molar-refractivity contribution is 0.191. The van der Waals surface area contributed by atoms with E-state index in [4.69, 9.17) is 9.79 Å². The van der Waals surface area contributed by atoms with Crippen LogP contribution >= 0.6 is 15.6 Å². The molecule has 0 fully saturated rings. The molecule has 0 radical (unpaired) electrons. The zero-order valence-corrected chi connectivity index (χ0v) is 20.1. The van der Waals surface area contributed by atoms with Crippen molar-refractivity contribution in [1.29, 1.82) is 0 Å². The van der Waals surface area contributed by atoms with Gasteiger partial charge in [-0.15, -0.1) is 0 Å². The van der Waals surface area contributed by atoms with Gasteiger partial charge in [-0.2, -0.15) is 4.31 Å². The van der Waals surface area contributed by atoms with Crippen molar-refractivity contribution in [2.75, 3.05) is 6.61 Å². The summed E-state index contributed by atoms with van der Waals surface area (Å²) in [5.74, 6) is 0.762. The summed E-state index contributed by atoms with van der Waals surface area (Å²) in [6, 6.07) is 0. The number of phosphoric acid groups is 2. The number of phosphoric ester groups is 1. The summed E-state index contributed by atoms with van der Waals surface area (Å²) in [4.78, 5) is 26.2. The van der Waals surface area contributed by atoms with Crippen LogP contribution in [-0.4, -0.2) is 21.3 Å². The Morgan fingerprint density at radius 2 is 1.34 bits per heavy atom. The molecule has 0 aliphatic heterocycles. The third-order valence-corrected chi connectivity index (χ3v) is 6.45. The van der Waals surface area contributed by atoms with Gasteiger partial charge in [-0.25, -0.2) is 9.13 Å². The van der Waals surface area contributed by atoms with Crippen LogP contribution in [0.15, 0.2) is 34.9 Å². The Morgan fingerprint density at radius 1 is 0.862 bits per heavy atom. The largest absolute Gasteiger partial charge is 0.481 e. The minimum absolute atomic E-state index is 0.261. The Kier molecular flexibility index (Phi) is 14.2. The van der Waals surface area contributed by atoms with Gasteiger partial charge in [0.1, 0.15) is 0 Å². The lowest BCUT2D eigenvalue weighted by atomic mass is 10.0. The van der Waals surface area contributed by atoms with Gasteiger partial charge in [0.2, 0.25) is 0 Å². The summed E-state index contributed by atoms with van der Waals surface area (Å²) in [5.41, 5.74) is 3.74. The average Bonchev–Trinajstić information content (AvgIpc) is 2.51. The van der Waals surface area contributed by atoms with Crippen molar-refractivity contribution in [2.45, 2.75) is 79.6 Å². The predicted octanol–water partition coefficient (Wildman–Crippen LogP) is 6.44. The summed E-state index contributed by atoms with van der Waals surface area (Å²) in [6.07, 6.45) is 13.5. The van der Waals surface area contributed by atoms with Crippen LogP contribution in [0.1, 0.15) is 79.6 Å². The SMILES string of the molecule is C/C(=C\CC/C(C)=C/COP(=O)(O)OP(=O)(O)O)CC/C=C(\C)CCCC(C)C. The molecule has 0 saturated carbocycles. The maximum absolute atomic E-state index is 11.3. The Labute approximate surface area is 175 Å². The summed E-state index contributed by atoms with van der Waals surface area (Å²) >= 11 is 0. The standard InChI is InChI=1S/C20H38O7P2/c1-17(2)9-6-10-18(3)11-7-12-19(4)13-8-14-20(5)15-16-26-29(24,25)27-28(21,22)23/h11,13,15,17H,6-10,12,14,16H2,1-5H3,(H,24,25)(H2,21,22,23)/b18-11+,19-13+,20-15+. The first kappa shape index (κ1) is 28.5. The fraction of sp³-hybridized carbons (Fsp3) is 0.700. The van der Waals surface area contributed by atoms with E-state index in [0.29, 0.717) is 0 Å². The van der Waals surface area contributed by atoms with Crippen LogP contribution < -0.4 is 0 Å². The van der Waals surface area contributed by atoms with Crippen molar-refractivity contribution < 1.29 is 32.6 Å². The van der Waals surface area contributed by atoms with Crippen LogP contribution in [0.3, 0.4) is 0 Å². The lowest BCUT2D eigenvalue weighted by Gasteiger charge is -2.11. The maximum atomic E-state index is 11.3. The molecule has 7 nitrogen and oxygen atoms in total. The van der Waals surface area contributed by atoms with Gasteiger partial charge in [0, 0.05) is 0 Å². The molecule has 0 aliphatic rings. The highest BCUT2D eigenvalue weighted by molar-refractivity contribution is 7.60. The van der Waals surface area contributed by atoms with Gasteiger partial charge in [0.15, 0.2) is 0 Å². The highest BCUT2D eigenvalue weighted by atomic mass is 31.3. The third-order valence-electron chi connectivity index (χ3n) is 4.29. The fourth-order valence-electron chi connectivity index (χ4n) is 2.62. The fourth-order valence-corrected chi connectivity index (χ4v) is 4.15. The van der Waals surface area contributed by atoms with Gasteiger partial charge in [0.05, 0.1) is 6.61 Å². The van der Waals surface area contributed by atoms with E-state index in [1.54, 1.807) is 6.08 Å². The number of hydrogen-bond donors (Lipinski definition) is 3. The van der Waals surface area contributed by atoms with E-state index in [2.05, 4.69) is 48.7 Å². The van der Waals surface area contributed by atoms with Crippen molar-refractivity contribution in [1.82, 2.24) is 0 Å². The maximum Gasteiger partial charge on any atom is 0.481 e. The predicted molar refractivity (Wildman–Crippen MR) is 117 cm³/mol. The second-order valence-electron chi connectivity index (χ2n) is 7.85. The molecule has 0 saturated heterocycles. The molecular formula is C20H38O7P2. The molecule has 0 aromatic carbocycles. The zero-order valence-electron chi connectivity index (χ0n) is 18.3. The minimum atomic E-state index is -5.08. The van der Waals surface area contributed by atoms with Crippen molar-refractivity contribution in [3.8, 4) is 0 Å². The van der Waals surface area contributed by atoms with E-state index in [1.165, 1.54) is 30.4 Å². The van der Waals surface area contributed by atoms with Crippen LogP contribution in [0.2, 0.25) is 0 Å². The van der Waals surface area contributed by atoms with Crippen molar-refractivity contribution in [2.24, 2.45) is 5.92 Å². The van der Waals surface area contributed by atoms with E-state index in [9.17, 15) is 14.0 Å². The third kappa shape index (κ3) is 19.2. The molecule has 0 aliphatic carbocycles. The number of allylic oxidation sites excluding steroid dienone is 5. The van der Waals surface area contributed by atoms with Gasteiger partial charge in [-0.05, 0) is 65.2 Å². The molecule has 0 amide bonds. The van der Waals surface area contributed by atoms with Crippen LogP contribution in [0.4, 0.5) is 0 Å². The highest BCUT2D eigenvalue weighted by Gasteiger charge is 2.31. The highest BCUT2D eigenvalue weighted by Crippen LogP contribution is 2.57. The van der Waals surface area contributed by atoms with Crippen molar-refractivity contribution in [3.05, 3.63) is 34.9 Å². The smallest absolute Gasteiger partial charge is 0.302 e. The number of hydrogen-bond acceptors (Lipinski definition) is 4. The van der Waals surface area contributed by atoms with Gasteiger partial charge in [-0.3, -0.25) is 4.52 Å². The lowest BCUT2D eigenvalue weighted by Crippen LogP contribution is -1.94. The van der Waals surface area contributed by atoms with E-state index in [0.717, 1.165) is 37.2 Å². The Morgan fingerprint density at radius 3 is 1.83 bits per heavy atom. The molecule has 29 heavy (non-hydrogen) atoms.